The molecule has 1 aromatic carbocycles. The topological polar surface area (TPSA) is 133 Å². The zero-order chi connectivity index (χ0) is 29.0. The van der Waals surface area contributed by atoms with Gasteiger partial charge in [0.2, 0.25) is 0 Å². The largest absolute Gasteiger partial charge is 0.462 e. The molecule has 0 saturated heterocycles. The van der Waals surface area contributed by atoms with E-state index >= 15 is 0 Å². The lowest BCUT2D eigenvalue weighted by Gasteiger charge is -2.30. The van der Waals surface area contributed by atoms with E-state index in [0.717, 1.165) is 48.3 Å². The molecule has 0 spiro atoms. The van der Waals surface area contributed by atoms with Crippen LogP contribution in [0.3, 0.4) is 0 Å². The molecule has 1 heterocycles. The molecule has 3 N–H and O–H groups in total. The van der Waals surface area contributed by atoms with Gasteiger partial charge in [0.1, 0.15) is 12.2 Å². The Hall–Kier alpha value is -3.66. The molecule has 0 aliphatic heterocycles. The number of esters is 2. The molecular weight excluding hydrogens is 512 g/mol. The van der Waals surface area contributed by atoms with E-state index in [2.05, 4.69) is 9.88 Å². The predicted octanol–water partition coefficient (Wildman–Crippen LogP) is 3.55. The summed E-state index contributed by atoms with van der Waals surface area (Å²) in [6.45, 7) is 3.75. The molecule has 1 fully saturated rings. The lowest BCUT2D eigenvalue weighted by Crippen LogP contribution is -2.35. The SMILES string of the molecule is CC(=O)OC(CC(=O)OC1CCC(Nc2cc(-n3c(C)cc4c3CCCC4=O)ccc2C(N)=O)CC1)CN(C)C. The van der Waals surface area contributed by atoms with Crippen molar-refractivity contribution in [1.29, 1.82) is 0 Å². The lowest BCUT2D eigenvalue weighted by atomic mass is 9.92. The van der Waals surface area contributed by atoms with Crippen molar-refractivity contribution in [2.24, 2.45) is 5.73 Å². The van der Waals surface area contributed by atoms with Gasteiger partial charge in [0.25, 0.3) is 5.91 Å². The highest BCUT2D eigenvalue weighted by molar-refractivity contribution is 6.00. The minimum Gasteiger partial charge on any atom is -0.462 e. The summed E-state index contributed by atoms with van der Waals surface area (Å²) in [5.41, 5.74) is 10.4. The molecule has 1 saturated carbocycles. The predicted molar refractivity (Wildman–Crippen MR) is 151 cm³/mol. The standard InChI is InChI=1S/C30H40N4O6/c1-18-14-25-27(6-5-7-28(25)36)34(18)21-10-13-24(30(31)38)26(15-21)32-20-8-11-22(12-9-20)40-29(37)16-23(17-33(3)4)39-19(2)35/h10,13-15,20,22-23,32H,5-9,11-12,16-17H2,1-4H3,(H2,31,38). The lowest BCUT2D eigenvalue weighted by molar-refractivity contribution is -0.158. The smallest absolute Gasteiger partial charge is 0.309 e. The second kappa shape index (κ2) is 12.7. The van der Waals surface area contributed by atoms with Crippen molar-refractivity contribution in [2.45, 2.75) is 83.5 Å². The monoisotopic (exact) mass is 552 g/mol. The minimum atomic E-state index is -0.551. The molecule has 10 nitrogen and oxygen atoms in total. The number of ether oxygens (including phenoxy) is 2. The summed E-state index contributed by atoms with van der Waals surface area (Å²) in [5.74, 6) is -1.14. The highest BCUT2D eigenvalue weighted by Crippen LogP contribution is 2.32. The van der Waals surface area contributed by atoms with Crippen LogP contribution in [-0.2, 0) is 25.5 Å². The Morgan fingerprint density at radius 3 is 2.50 bits per heavy atom. The van der Waals surface area contributed by atoms with Gasteiger partial charge in [0, 0.05) is 54.3 Å². The van der Waals surface area contributed by atoms with Gasteiger partial charge < -0.3 is 30.0 Å². The number of hydrogen-bond acceptors (Lipinski definition) is 8. The molecule has 216 valence electrons. The van der Waals surface area contributed by atoms with Crippen LogP contribution in [0.5, 0.6) is 0 Å². The van der Waals surface area contributed by atoms with Gasteiger partial charge in [0.05, 0.1) is 12.0 Å². The van der Waals surface area contributed by atoms with Gasteiger partial charge in [-0.2, -0.15) is 0 Å². The van der Waals surface area contributed by atoms with E-state index in [0.29, 0.717) is 37.1 Å². The Morgan fingerprint density at radius 1 is 1.12 bits per heavy atom. The van der Waals surface area contributed by atoms with Crippen LogP contribution in [0.2, 0.25) is 0 Å². The van der Waals surface area contributed by atoms with Gasteiger partial charge in [0.15, 0.2) is 5.78 Å². The minimum absolute atomic E-state index is 0.0127. The van der Waals surface area contributed by atoms with Gasteiger partial charge in [-0.05, 0) is 83.8 Å². The Balaban J connectivity index is 1.41. The van der Waals surface area contributed by atoms with Crippen molar-refractivity contribution in [2.75, 3.05) is 26.0 Å². The van der Waals surface area contributed by atoms with Gasteiger partial charge in [-0.3, -0.25) is 19.2 Å². The average Bonchev–Trinajstić information content (AvgIpc) is 3.21. The van der Waals surface area contributed by atoms with Crippen molar-refractivity contribution in [3.8, 4) is 5.69 Å². The maximum Gasteiger partial charge on any atom is 0.309 e. The number of likely N-dealkylation sites (N-methyl/N-ethyl adjacent to an activating group) is 1. The van der Waals surface area contributed by atoms with E-state index in [4.69, 9.17) is 15.2 Å². The first-order valence-electron chi connectivity index (χ1n) is 14.0. The summed E-state index contributed by atoms with van der Waals surface area (Å²) in [7, 11) is 3.70. The molecule has 2 aliphatic carbocycles. The van der Waals surface area contributed by atoms with E-state index in [-0.39, 0.29) is 30.3 Å². The first kappa shape index (κ1) is 29.3. The van der Waals surface area contributed by atoms with Crippen LogP contribution in [0, 0.1) is 6.92 Å². The maximum atomic E-state index is 12.6. The molecule has 1 aromatic heterocycles. The number of benzene rings is 1. The summed E-state index contributed by atoms with van der Waals surface area (Å²) >= 11 is 0. The summed E-state index contributed by atoms with van der Waals surface area (Å²) in [5, 5.41) is 3.51. The number of nitrogens with one attached hydrogen (secondary N) is 1. The number of aryl methyl sites for hydroxylation is 1. The molecule has 1 amide bonds. The normalized spacial score (nSPS) is 19.6. The van der Waals surface area contributed by atoms with E-state index in [1.165, 1.54) is 6.92 Å². The fourth-order valence-electron chi connectivity index (χ4n) is 5.84. The number of rotatable bonds is 10. The van der Waals surface area contributed by atoms with Crippen LogP contribution >= 0.6 is 0 Å². The quantitative estimate of drug-likeness (QED) is 0.428. The maximum absolute atomic E-state index is 12.6. The Labute approximate surface area is 235 Å². The van der Waals surface area contributed by atoms with Crippen LogP contribution in [0.1, 0.15) is 84.0 Å². The average molecular weight is 553 g/mol. The number of nitrogens with two attached hydrogens (primary N) is 1. The number of aromatic nitrogens is 1. The molecule has 4 rings (SSSR count). The number of anilines is 1. The molecule has 0 radical (unpaired) electrons. The Kier molecular flexibility index (Phi) is 9.29. The zero-order valence-corrected chi connectivity index (χ0v) is 23.8. The van der Waals surface area contributed by atoms with Crippen molar-refractivity contribution < 1.29 is 28.7 Å². The third-order valence-corrected chi connectivity index (χ3v) is 7.56. The van der Waals surface area contributed by atoms with Crippen LogP contribution < -0.4 is 11.1 Å². The van der Waals surface area contributed by atoms with Crippen LogP contribution in [0.25, 0.3) is 5.69 Å². The molecule has 2 aliphatic rings. The number of nitrogens with zero attached hydrogens (tertiary/aromatic N) is 2. The van der Waals surface area contributed by atoms with E-state index < -0.39 is 18.0 Å². The number of fused-ring (bicyclic) bond motifs is 1. The van der Waals surface area contributed by atoms with Crippen molar-refractivity contribution >= 4 is 29.3 Å². The van der Waals surface area contributed by atoms with Crippen molar-refractivity contribution in [3.63, 3.8) is 0 Å². The number of carbonyl (C=O) groups excluding carboxylic acids is 4. The van der Waals surface area contributed by atoms with E-state index in [9.17, 15) is 19.2 Å². The first-order valence-corrected chi connectivity index (χ1v) is 14.0. The van der Waals surface area contributed by atoms with E-state index in [1.54, 1.807) is 6.07 Å². The second-order valence-corrected chi connectivity index (χ2v) is 11.2. The Bertz CT molecular complexity index is 1280. The number of ketones is 1. The summed E-state index contributed by atoms with van der Waals surface area (Å²) in [4.78, 5) is 50.5. The molecule has 0 bridgehead atoms. The summed E-state index contributed by atoms with van der Waals surface area (Å²) in [6, 6.07) is 7.55. The number of Topliss-reactive ketones (excluding diaryl/α,β-unsaturated/α-hetero) is 1. The summed E-state index contributed by atoms with van der Waals surface area (Å²) in [6.07, 6.45) is 4.32. The fourth-order valence-corrected chi connectivity index (χ4v) is 5.84. The molecular formula is C30H40N4O6. The van der Waals surface area contributed by atoms with Gasteiger partial charge in [-0.15, -0.1) is 0 Å². The Morgan fingerprint density at radius 2 is 1.85 bits per heavy atom. The third kappa shape index (κ3) is 7.10. The molecule has 1 unspecified atom stereocenters. The van der Waals surface area contributed by atoms with Crippen molar-refractivity contribution in [3.05, 3.63) is 46.8 Å². The molecule has 10 heteroatoms. The van der Waals surface area contributed by atoms with E-state index in [1.807, 2.05) is 44.1 Å². The number of hydrogen-bond donors (Lipinski definition) is 2. The number of amides is 1. The highest BCUT2D eigenvalue weighted by atomic mass is 16.6. The number of primary amides is 1. The van der Waals surface area contributed by atoms with Crippen LogP contribution in [0.15, 0.2) is 24.3 Å². The van der Waals surface area contributed by atoms with Crippen LogP contribution in [0.4, 0.5) is 5.69 Å². The third-order valence-electron chi connectivity index (χ3n) is 7.56. The first-order chi connectivity index (χ1) is 19.0. The zero-order valence-electron chi connectivity index (χ0n) is 23.8. The number of carbonyl (C=O) groups is 4. The summed E-state index contributed by atoms with van der Waals surface area (Å²) < 4.78 is 13.1. The van der Waals surface area contributed by atoms with Crippen LogP contribution in [-0.4, -0.2) is 72.0 Å². The fraction of sp³-hybridized carbons (Fsp3) is 0.533. The second-order valence-electron chi connectivity index (χ2n) is 11.2. The van der Waals surface area contributed by atoms with Gasteiger partial charge >= 0.3 is 11.9 Å². The molecule has 1 atom stereocenters. The highest BCUT2D eigenvalue weighted by Gasteiger charge is 2.28. The van der Waals surface area contributed by atoms with Crippen molar-refractivity contribution in [1.82, 2.24) is 9.47 Å². The molecule has 2 aromatic rings. The molecule has 40 heavy (non-hydrogen) atoms. The van der Waals surface area contributed by atoms with Gasteiger partial charge in [-0.25, -0.2) is 0 Å². The van der Waals surface area contributed by atoms with Gasteiger partial charge in [-0.1, -0.05) is 0 Å².